The number of likely N-dealkylation sites (N-methyl/N-ethyl adjacent to an activating group) is 1. The van der Waals surface area contributed by atoms with Gasteiger partial charge in [-0.2, -0.15) is 0 Å². The van der Waals surface area contributed by atoms with Crippen molar-refractivity contribution < 1.29 is 4.74 Å². The van der Waals surface area contributed by atoms with Gasteiger partial charge in [-0.1, -0.05) is 0 Å². The Labute approximate surface area is 87.8 Å². The molecule has 1 N–H and O–H groups in total. The molecule has 0 aromatic heterocycles. The molecular formula is C11H24N2O. The molecule has 3 nitrogen and oxygen atoms in total. The summed E-state index contributed by atoms with van der Waals surface area (Å²) in [7, 11) is 3.99. The average molecular weight is 200 g/mol. The summed E-state index contributed by atoms with van der Waals surface area (Å²) in [6.07, 6.45) is 2.51. The Kier molecular flexibility index (Phi) is 4.85. The molecule has 0 aliphatic carbocycles. The minimum absolute atomic E-state index is 0.523. The van der Waals surface area contributed by atoms with E-state index in [2.05, 4.69) is 31.1 Å². The third kappa shape index (κ3) is 3.23. The lowest BCUT2D eigenvalue weighted by Gasteiger charge is -2.37. The molecule has 1 aliphatic heterocycles. The number of nitrogens with zero attached hydrogens (tertiary/aromatic N) is 1. The van der Waals surface area contributed by atoms with E-state index in [-0.39, 0.29) is 0 Å². The van der Waals surface area contributed by atoms with E-state index < -0.39 is 0 Å². The van der Waals surface area contributed by atoms with E-state index in [1.165, 1.54) is 12.8 Å². The van der Waals surface area contributed by atoms with Gasteiger partial charge in [0, 0.05) is 25.2 Å². The molecule has 0 radical (unpaired) electrons. The van der Waals surface area contributed by atoms with Crippen molar-refractivity contribution in [3.05, 3.63) is 0 Å². The summed E-state index contributed by atoms with van der Waals surface area (Å²) in [5.74, 6) is 0. The number of nitrogens with one attached hydrogen (secondary N) is 1. The van der Waals surface area contributed by atoms with E-state index in [0.717, 1.165) is 19.2 Å². The molecule has 0 aromatic carbocycles. The Morgan fingerprint density at radius 1 is 1.57 bits per heavy atom. The van der Waals surface area contributed by atoms with Crippen molar-refractivity contribution in [1.29, 1.82) is 0 Å². The highest BCUT2D eigenvalue weighted by atomic mass is 16.5. The standard InChI is InChI=1S/C11H24N2O/c1-9-7-11(5-6-12-9)13(3)10(2)8-14-4/h9-12H,5-8H2,1-4H3. The monoisotopic (exact) mass is 200 g/mol. The van der Waals surface area contributed by atoms with Gasteiger partial charge in [-0.25, -0.2) is 0 Å². The SMILES string of the molecule is COCC(C)N(C)C1CCNC(C)C1. The topological polar surface area (TPSA) is 24.5 Å². The summed E-state index contributed by atoms with van der Waals surface area (Å²) in [5, 5.41) is 3.48. The molecule has 3 atom stereocenters. The molecule has 3 unspecified atom stereocenters. The summed E-state index contributed by atoms with van der Waals surface area (Å²) in [6, 6.07) is 1.90. The van der Waals surface area contributed by atoms with Crippen LogP contribution in [0.2, 0.25) is 0 Å². The van der Waals surface area contributed by atoms with Gasteiger partial charge < -0.3 is 10.1 Å². The normalized spacial score (nSPS) is 30.6. The van der Waals surface area contributed by atoms with Gasteiger partial charge in [0.25, 0.3) is 0 Å². The molecule has 0 amide bonds. The van der Waals surface area contributed by atoms with Crippen LogP contribution in [-0.2, 0) is 4.74 Å². The Hall–Kier alpha value is -0.120. The van der Waals surface area contributed by atoms with Crippen LogP contribution in [0.25, 0.3) is 0 Å². The van der Waals surface area contributed by atoms with Crippen molar-refractivity contribution in [3.8, 4) is 0 Å². The van der Waals surface area contributed by atoms with E-state index >= 15 is 0 Å². The van der Waals surface area contributed by atoms with Crippen molar-refractivity contribution in [1.82, 2.24) is 10.2 Å². The van der Waals surface area contributed by atoms with Crippen LogP contribution in [-0.4, -0.2) is 50.3 Å². The fraction of sp³-hybridized carbons (Fsp3) is 1.00. The van der Waals surface area contributed by atoms with Crippen LogP contribution >= 0.6 is 0 Å². The zero-order chi connectivity index (χ0) is 10.6. The van der Waals surface area contributed by atoms with Gasteiger partial charge in [0.05, 0.1) is 6.61 Å². The summed E-state index contributed by atoms with van der Waals surface area (Å²) in [5.41, 5.74) is 0. The summed E-state index contributed by atoms with van der Waals surface area (Å²) in [6.45, 7) is 6.47. The molecule has 3 heteroatoms. The van der Waals surface area contributed by atoms with Gasteiger partial charge >= 0.3 is 0 Å². The zero-order valence-corrected chi connectivity index (χ0v) is 9.92. The average Bonchev–Trinajstić information content (AvgIpc) is 2.17. The molecule has 0 saturated carbocycles. The maximum atomic E-state index is 5.19. The number of hydrogen-bond acceptors (Lipinski definition) is 3. The second-order valence-electron chi connectivity index (χ2n) is 4.50. The summed E-state index contributed by atoms with van der Waals surface area (Å²) in [4.78, 5) is 2.46. The van der Waals surface area contributed by atoms with Crippen molar-refractivity contribution in [2.75, 3.05) is 27.3 Å². The lowest BCUT2D eigenvalue weighted by molar-refractivity contribution is 0.0727. The maximum Gasteiger partial charge on any atom is 0.0615 e. The molecule has 1 saturated heterocycles. The number of rotatable bonds is 4. The highest BCUT2D eigenvalue weighted by molar-refractivity contribution is 4.82. The smallest absolute Gasteiger partial charge is 0.0615 e. The van der Waals surface area contributed by atoms with Crippen LogP contribution in [0.15, 0.2) is 0 Å². The van der Waals surface area contributed by atoms with Crippen LogP contribution in [0.3, 0.4) is 0 Å². The van der Waals surface area contributed by atoms with Crippen molar-refractivity contribution in [2.45, 2.75) is 44.8 Å². The Balaban J connectivity index is 2.38. The third-order valence-electron chi connectivity index (χ3n) is 3.28. The molecular weight excluding hydrogens is 176 g/mol. The van der Waals surface area contributed by atoms with Gasteiger partial charge in [0.15, 0.2) is 0 Å². The van der Waals surface area contributed by atoms with Crippen LogP contribution in [0.4, 0.5) is 0 Å². The second-order valence-corrected chi connectivity index (χ2v) is 4.50. The van der Waals surface area contributed by atoms with E-state index in [0.29, 0.717) is 12.1 Å². The molecule has 84 valence electrons. The molecule has 0 spiro atoms. The molecule has 0 aromatic rings. The number of ether oxygens (including phenoxy) is 1. The first-order chi connectivity index (χ1) is 6.65. The minimum Gasteiger partial charge on any atom is -0.383 e. The highest BCUT2D eigenvalue weighted by Gasteiger charge is 2.24. The molecule has 1 aliphatic rings. The van der Waals surface area contributed by atoms with Gasteiger partial charge in [-0.15, -0.1) is 0 Å². The van der Waals surface area contributed by atoms with Crippen LogP contribution in [0.5, 0.6) is 0 Å². The second kappa shape index (κ2) is 5.69. The third-order valence-corrected chi connectivity index (χ3v) is 3.28. The Morgan fingerprint density at radius 3 is 2.86 bits per heavy atom. The quantitative estimate of drug-likeness (QED) is 0.735. The van der Waals surface area contributed by atoms with Crippen LogP contribution < -0.4 is 5.32 Å². The fourth-order valence-corrected chi connectivity index (χ4v) is 2.19. The number of hydrogen-bond donors (Lipinski definition) is 1. The molecule has 1 heterocycles. The lowest BCUT2D eigenvalue weighted by Crippen LogP contribution is -2.49. The van der Waals surface area contributed by atoms with Gasteiger partial charge in [-0.3, -0.25) is 4.90 Å². The van der Waals surface area contributed by atoms with Gasteiger partial charge in [0.2, 0.25) is 0 Å². The van der Waals surface area contributed by atoms with Crippen molar-refractivity contribution in [2.24, 2.45) is 0 Å². The summed E-state index contributed by atoms with van der Waals surface area (Å²) < 4.78 is 5.19. The largest absolute Gasteiger partial charge is 0.383 e. The van der Waals surface area contributed by atoms with Crippen LogP contribution in [0.1, 0.15) is 26.7 Å². The van der Waals surface area contributed by atoms with Gasteiger partial charge in [-0.05, 0) is 40.3 Å². The first-order valence-electron chi connectivity index (χ1n) is 5.59. The molecule has 14 heavy (non-hydrogen) atoms. The number of methoxy groups -OCH3 is 1. The van der Waals surface area contributed by atoms with E-state index in [4.69, 9.17) is 4.74 Å². The molecule has 0 bridgehead atoms. The predicted molar refractivity (Wildman–Crippen MR) is 59.6 cm³/mol. The first kappa shape index (κ1) is 12.0. The summed E-state index contributed by atoms with van der Waals surface area (Å²) >= 11 is 0. The zero-order valence-electron chi connectivity index (χ0n) is 9.92. The minimum atomic E-state index is 0.523. The highest BCUT2D eigenvalue weighted by Crippen LogP contribution is 2.16. The van der Waals surface area contributed by atoms with Gasteiger partial charge in [0.1, 0.15) is 0 Å². The Morgan fingerprint density at radius 2 is 2.29 bits per heavy atom. The molecule has 1 fully saturated rings. The van der Waals surface area contributed by atoms with Crippen LogP contribution in [0, 0.1) is 0 Å². The lowest BCUT2D eigenvalue weighted by atomic mass is 9.98. The van der Waals surface area contributed by atoms with E-state index in [1.54, 1.807) is 7.11 Å². The van der Waals surface area contributed by atoms with Crippen molar-refractivity contribution in [3.63, 3.8) is 0 Å². The van der Waals surface area contributed by atoms with Crippen molar-refractivity contribution >= 4 is 0 Å². The fourth-order valence-electron chi connectivity index (χ4n) is 2.19. The Bertz CT molecular complexity index is 163. The number of piperidine rings is 1. The maximum absolute atomic E-state index is 5.19. The van der Waals surface area contributed by atoms with E-state index in [9.17, 15) is 0 Å². The molecule has 1 rings (SSSR count). The van der Waals surface area contributed by atoms with E-state index in [1.807, 2.05) is 0 Å². The predicted octanol–water partition coefficient (Wildman–Crippen LogP) is 1.09. The first-order valence-corrected chi connectivity index (χ1v) is 5.59.